The predicted molar refractivity (Wildman–Crippen MR) is 49.5 cm³/mol. The van der Waals surface area contributed by atoms with Crippen LogP contribution in [0.2, 0.25) is 0 Å². The summed E-state index contributed by atoms with van der Waals surface area (Å²) in [5.41, 5.74) is 5.97. The topological polar surface area (TPSA) is 95.2 Å². The molecule has 15 heavy (non-hydrogen) atoms. The van der Waals surface area contributed by atoms with Gasteiger partial charge in [0.1, 0.15) is 0 Å². The number of amides is 1. The van der Waals surface area contributed by atoms with E-state index in [1.807, 2.05) is 0 Å². The third kappa shape index (κ3) is 4.33. The Balaban J connectivity index is 0.00000196. The van der Waals surface area contributed by atoms with E-state index in [4.69, 9.17) is 5.73 Å². The van der Waals surface area contributed by atoms with Crippen molar-refractivity contribution in [1.29, 1.82) is 0 Å². The molecule has 0 bridgehead atoms. The van der Waals surface area contributed by atoms with Crippen LogP contribution in [0, 0.1) is 0 Å². The van der Waals surface area contributed by atoms with Crippen molar-refractivity contribution < 1.29 is 44.3 Å². The van der Waals surface area contributed by atoms with Crippen LogP contribution in [-0.2, 0) is 4.79 Å². The molecular weight excluding hydrogens is 207 g/mol. The second-order valence-corrected chi connectivity index (χ2v) is 2.81. The summed E-state index contributed by atoms with van der Waals surface area (Å²) in [6.45, 7) is 1.32. The van der Waals surface area contributed by atoms with Gasteiger partial charge in [0.2, 0.25) is 5.91 Å². The van der Waals surface area contributed by atoms with Gasteiger partial charge in [-0.3, -0.25) is 4.79 Å². The van der Waals surface area contributed by atoms with Crippen molar-refractivity contribution in [3.63, 3.8) is 0 Å². The molecule has 0 spiro atoms. The second kappa shape index (κ2) is 5.75. The first-order chi connectivity index (χ1) is 6.49. The molecule has 74 valence electrons. The van der Waals surface area contributed by atoms with Crippen molar-refractivity contribution in [1.82, 2.24) is 0 Å². The number of carbonyl (C=O) groups is 2. The number of anilines is 2. The number of hydrogen-bond donors (Lipinski definition) is 2. The molecule has 0 saturated heterocycles. The summed E-state index contributed by atoms with van der Waals surface area (Å²) in [6.07, 6.45) is 0. The number of carbonyl (C=O) groups excluding carboxylic acids is 2. The largest absolute Gasteiger partial charge is 1.00 e. The van der Waals surface area contributed by atoms with Gasteiger partial charge in [-0.05, 0) is 18.2 Å². The normalized spacial score (nSPS) is 8.87. The van der Waals surface area contributed by atoms with Crippen LogP contribution in [0.25, 0.3) is 0 Å². The molecular formula is C9H9N2NaO3. The second-order valence-electron chi connectivity index (χ2n) is 2.81. The van der Waals surface area contributed by atoms with E-state index in [1.165, 1.54) is 25.1 Å². The number of nitrogen functional groups attached to an aromatic ring is 1. The molecule has 1 aromatic carbocycles. The quantitative estimate of drug-likeness (QED) is 0.398. The molecule has 0 saturated carbocycles. The number of nitrogens with one attached hydrogen (secondary N) is 1. The van der Waals surface area contributed by atoms with Crippen LogP contribution in [0.3, 0.4) is 0 Å². The van der Waals surface area contributed by atoms with Crippen LogP contribution in [0.4, 0.5) is 11.4 Å². The standard InChI is InChI=1S/C9H10N2O3.Na/c1-5(12)11-8-3-6(9(13)14)2-7(10)4-8;/h2-4H,10H2,1H3,(H,11,12)(H,13,14);/q;+1/p-1. The number of benzene rings is 1. The zero-order chi connectivity index (χ0) is 10.7. The Morgan fingerprint density at radius 3 is 2.40 bits per heavy atom. The van der Waals surface area contributed by atoms with Gasteiger partial charge in [0.25, 0.3) is 0 Å². The minimum Gasteiger partial charge on any atom is -0.545 e. The summed E-state index contributed by atoms with van der Waals surface area (Å²) >= 11 is 0. The number of nitrogens with two attached hydrogens (primary N) is 1. The van der Waals surface area contributed by atoms with E-state index in [0.717, 1.165) is 0 Å². The van der Waals surface area contributed by atoms with Gasteiger partial charge >= 0.3 is 29.6 Å². The maximum Gasteiger partial charge on any atom is 1.00 e. The zero-order valence-corrected chi connectivity index (χ0v) is 10.5. The Bertz CT molecular complexity index is 393. The first kappa shape index (κ1) is 14.0. The molecule has 1 rings (SSSR count). The first-order valence-electron chi connectivity index (χ1n) is 3.88. The van der Waals surface area contributed by atoms with Crippen molar-refractivity contribution in [3.05, 3.63) is 23.8 Å². The van der Waals surface area contributed by atoms with Gasteiger partial charge in [0.05, 0.1) is 5.97 Å². The molecule has 0 heterocycles. The summed E-state index contributed by atoms with van der Waals surface area (Å²) in [5.74, 6) is -1.62. The van der Waals surface area contributed by atoms with Crippen molar-refractivity contribution >= 4 is 23.3 Å². The third-order valence-electron chi connectivity index (χ3n) is 1.51. The minimum absolute atomic E-state index is 0. The average Bonchev–Trinajstić information content (AvgIpc) is 2.01. The van der Waals surface area contributed by atoms with Crippen LogP contribution < -0.4 is 45.7 Å². The zero-order valence-electron chi connectivity index (χ0n) is 8.53. The van der Waals surface area contributed by atoms with E-state index in [0.29, 0.717) is 5.69 Å². The molecule has 0 aliphatic rings. The Morgan fingerprint density at radius 2 is 1.93 bits per heavy atom. The Morgan fingerprint density at radius 1 is 1.33 bits per heavy atom. The van der Waals surface area contributed by atoms with Crippen LogP contribution in [0.15, 0.2) is 18.2 Å². The number of carboxylic acids is 1. The van der Waals surface area contributed by atoms with Gasteiger partial charge in [0, 0.05) is 23.9 Å². The molecule has 5 nitrogen and oxygen atoms in total. The third-order valence-corrected chi connectivity index (χ3v) is 1.51. The SMILES string of the molecule is CC(=O)Nc1cc(N)cc(C(=O)[O-])c1.[Na+]. The first-order valence-corrected chi connectivity index (χ1v) is 3.88. The van der Waals surface area contributed by atoms with Gasteiger partial charge in [-0.1, -0.05) is 0 Å². The van der Waals surface area contributed by atoms with Crippen LogP contribution in [0.1, 0.15) is 17.3 Å². The number of aromatic carboxylic acids is 1. The van der Waals surface area contributed by atoms with Gasteiger partial charge in [0.15, 0.2) is 0 Å². The van der Waals surface area contributed by atoms with Gasteiger partial charge < -0.3 is 21.0 Å². The number of carboxylic acid groups (broad SMARTS) is 1. The van der Waals surface area contributed by atoms with E-state index < -0.39 is 5.97 Å². The molecule has 0 radical (unpaired) electrons. The summed E-state index contributed by atoms with van der Waals surface area (Å²) < 4.78 is 0. The molecule has 0 atom stereocenters. The Hall–Kier alpha value is -1.04. The fourth-order valence-corrected chi connectivity index (χ4v) is 1.04. The molecule has 1 amide bonds. The summed E-state index contributed by atoms with van der Waals surface area (Å²) in [5, 5.41) is 12.9. The van der Waals surface area contributed by atoms with E-state index in [1.54, 1.807) is 0 Å². The van der Waals surface area contributed by atoms with Crippen molar-refractivity contribution in [3.8, 4) is 0 Å². The molecule has 0 aromatic heterocycles. The van der Waals surface area contributed by atoms with Gasteiger partial charge in [-0.25, -0.2) is 0 Å². The molecule has 3 N–H and O–H groups in total. The van der Waals surface area contributed by atoms with Crippen LogP contribution in [-0.4, -0.2) is 11.9 Å². The summed E-state index contributed by atoms with van der Waals surface area (Å²) in [7, 11) is 0. The van der Waals surface area contributed by atoms with Crippen LogP contribution >= 0.6 is 0 Å². The monoisotopic (exact) mass is 216 g/mol. The maximum absolute atomic E-state index is 10.7. The number of hydrogen-bond acceptors (Lipinski definition) is 4. The van der Waals surface area contributed by atoms with Crippen molar-refractivity contribution in [2.24, 2.45) is 0 Å². The Labute approximate surface area is 109 Å². The smallest absolute Gasteiger partial charge is 0.545 e. The van der Waals surface area contributed by atoms with E-state index in [-0.39, 0.29) is 46.7 Å². The predicted octanol–water partition coefficient (Wildman–Crippen LogP) is -3.41. The van der Waals surface area contributed by atoms with Gasteiger partial charge in [-0.15, -0.1) is 0 Å². The maximum atomic E-state index is 10.7. The molecule has 0 aliphatic heterocycles. The summed E-state index contributed by atoms with van der Waals surface area (Å²) in [6, 6.07) is 4.02. The Kier molecular flexibility index (Phi) is 5.35. The van der Waals surface area contributed by atoms with Crippen molar-refractivity contribution in [2.75, 3.05) is 11.1 Å². The molecule has 6 heteroatoms. The minimum atomic E-state index is -1.33. The van der Waals surface area contributed by atoms with E-state index in [2.05, 4.69) is 5.32 Å². The van der Waals surface area contributed by atoms with Crippen molar-refractivity contribution in [2.45, 2.75) is 6.92 Å². The van der Waals surface area contributed by atoms with Gasteiger partial charge in [-0.2, -0.15) is 0 Å². The fraction of sp³-hybridized carbons (Fsp3) is 0.111. The molecule has 1 aromatic rings. The number of rotatable bonds is 2. The van der Waals surface area contributed by atoms with E-state index >= 15 is 0 Å². The molecule has 0 aliphatic carbocycles. The van der Waals surface area contributed by atoms with E-state index in [9.17, 15) is 14.7 Å². The average molecular weight is 216 g/mol. The fourth-order valence-electron chi connectivity index (χ4n) is 1.04. The molecule has 0 fully saturated rings. The van der Waals surface area contributed by atoms with Crippen LogP contribution in [0.5, 0.6) is 0 Å². The molecule has 0 unspecified atom stereocenters. The summed E-state index contributed by atoms with van der Waals surface area (Å²) in [4.78, 5) is 21.2.